The van der Waals surface area contributed by atoms with Crippen LogP contribution in [0.5, 0.6) is 0 Å². The molecule has 1 atom stereocenters. The van der Waals surface area contributed by atoms with Gasteiger partial charge >= 0.3 is 0 Å². The molecule has 3 nitrogen and oxygen atoms in total. The number of pyridine rings is 1. The minimum Gasteiger partial charge on any atom is -0.315 e. The van der Waals surface area contributed by atoms with Crippen LogP contribution < -0.4 is 5.32 Å². The van der Waals surface area contributed by atoms with Crippen LogP contribution in [0.1, 0.15) is 23.6 Å². The lowest BCUT2D eigenvalue weighted by Gasteiger charge is -2.32. The topological polar surface area (TPSA) is 28.2 Å². The van der Waals surface area contributed by atoms with Crippen molar-refractivity contribution in [3.63, 3.8) is 0 Å². The maximum atomic E-state index is 6.62. The maximum Gasteiger partial charge on any atom is 0.0702 e. The van der Waals surface area contributed by atoms with Crippen molar-refractivity contribution in [2.24, 2.45) is 0 Å². The molecule has 5 heteroatoms. The Morgan fingerprint density at radius 1 is 1.00 bits per heavy atom. The Hall–Kier alpha value is -1.65. The van der Waals surface area contributed by atoms with Crippen molar-refractivity contribution < 1.29 is 0 Å². The zero-order valence-electron chi connectivity index (χ0n) is 14.5. The van der Waals surface area contributed by atoms with E-state index in [1.54, 1.807) is 0 Å². The van der Waals surface area contributed by atoms with E-state index in [0.717, 1.165) is 54.6 Å². The van der Waals surface area contributed by atoms with Crippen LogP contribution in [0, 0.1) is 0 Å². The van der Waals surface area contributed by atoms with E-state index < -0.39 is 0 Å². The first-order valence-corrected chi connectivity index (χ1v) is 9.73. The van der Waals surface area contributed by atoms with Gasteiger partial charge in [0.15, 0.2) is 0 Å². The first-order chi connectivity index (χ1) is 12.7. The Balaban J connectivity index is 1.84. The molecule has 3 aromatic rings. The molecule has 1 aromatic heterocycles. The molecule has 0 bridgehead atoms. The van der Waals surface area contributed by atoms with Crippen LogP contribution in [0.3, 0.4) is 0 Å². The first-order valence-electron chi connectivity index (χ1n) is 8.97. The van der Waals surface area contributed by atoms with Gasteiger partial charge in [-0.3, -0.25) is 9.88 Å². The quantitative estimate of drug-likeness (QED) is 0.692. The number of para-hydroxylation sites is 1. The summed E-state index contributed by atoms with van der Waals surface area (Å²) in [5.74, 6) is 0. The molecule has 0 amide bonds. The molecule has 2 heterocycles. The number of nitrogens with one attached hydrogen (secondary N) is 1. The lowest BCUT2D eigenvalue weighted by atomic mass is 9.96. The molecule has 0 spiro atoms. The molecule has 0 radical (unpaired) electrons. The molecular weight excluding hydrogens is 365 g/mol. The maximum absolute atomic E-state index is 6.62. The third-order valence-electron chi connectivity index (χ3n) is 4.94. The van der Waals surface area contributed by atoms with Gasteiger partial charge in [0.25, 0.3) is 0 Å². The summed E-state index contributed by atoms with van der Waals surface area (Å²) < 4.78 is 0. The molecule has 0 aliphatic carbocycles. The summed E-state index contributed by atoms with van der Waals surface area (Å²) in [6.07, 6.45) is 3.08. The fourth-order valence-corrected chi connectivity index (χ4v) is 4.09. The number of fused-ring (bicyclic) bond motifs is 1. The minimum absolute atomic E-state index is 0.0400. The number of hydrogen-bond acceptors (Lipinski definition) is 3. The highest BCUT2D eigenvalue weighted by Gasteiger charge is 2.26. The Kier molecular flexibility index (Phi) is 5.41. The summed E-state index contributed by atoms with van der Waals surface area (Å²) in [7, 11) is 0. The van der Waals surface area contributed by atoms with Crippen molar-refractivity contribution in [2.75, 3.05) is 26.2 Å². The smallest absolute Gasteiger partial charge is 0.0702 e. The van der Waals surface area contributed by atoms with Gasteiger partial charge in [0.2, 0.25) is 0 Å². The van der Waals surface area contributed by atoms with Gasteiger partial charge < -0.3 is 5.32 Å². The predicted molar refractivity (Wildman–Crippen MR) is 109 cm³/mol. The Morgan fingerprint density at radius 3 is 2.81 bits per heavy atom. The zero-order chi connectivity index (χ0) is 17.9. The summed E-state index contributed by atoms with van der Waals surface area (Å²) in [5, 5.41) is 5.84. The lowest BCUT2D eigenvalue weighted by molar-refractivity contribution is 0.241. The molecule has 1 fully saturated rings. The number of hydrogen-bond donors (Lipinski definition) is 1. The highest BCUT2D eigenvalue weighted by atomic mass is 35.5. The summed E-state index contributed by atoms with van der Waals surface area (Å²) >= 11 is 13.0. The van der Waals surface area contributed by atoms with Gasteiger partial charge in [-0.25, -0.2) is 0 Å². The molecule has 1 unspecified atom stereocenters. The Labute approximate surface area is 163 Å². The van der Waals surface area contributed by atoms with Crippen molar-refractivity contribution >= 4 is 34.1 Å². The van der Waals surface area contributed by atoms with E-state index in [1.807, 2.05) is 36.5 Å². The van der Waals surface area contributed by atoms with Crippen molar-refractivity contribution in [1.82, 2.24) is 15.2 Å². The monoisotopic (exact) mass is 385 g/mol. The lowest BCUT2D eigenvalue weighted by Crippen LogP contribution is -2.33. The van der Waals surface area contributed by atoms with Crippen molar-refractivity contribution in [2.45, 2.75) is 12.5 Å². The molecule has 1 aliphatic rings. The van der Waals surface area contributed by atoms with E-state index in [1.165, 1.54) is 0 Å². The average Bonchev–Trinajstić information content (AvgIpc) is 2.95. The molecule has 1 aliphatic heterocycles. The highest BCUT2D eigenvalue weighted by Crippen LogP contribution is 2.37. The van der Waals surface area contributed by atoms with E-state index in [0.29, 0.717) is 10.0 Å². The van der Waals surface area contributed by atoms with E-state index in [-0.39, 0.29) is 6.04 Å². The average molecular weight is 386 g/mol. The Bertz CT molecular complexity index is 905. The van der Waals surface area contributed by atoms with Crippen LogP contribution in [0.25, 0.3) is 10.9 Å². The molecule has 0 saturated carbocycles. The van der Waals surface area contributed by atoms with Crippen molar-refractivity contribution in [3.8, 4) is 0 Å². The Morgan fingerprint density at radius 2 is 1.88 bits per heavy atom. The van der Waals surface area contributed by atoms with Gasteiger partial charge in [-0.05, 0) is 42.3 Å². The number of nitrogens with zero attached hydrogens (tertiary/aromatic N) is 2. The van der Waals surface area contributed by atoms with E-state index in [4.69, 9.17) is 23.2 Å². The van der Waals surface area contributed by atoms with Crippen LogP contribution in [0.15, 0.2) is 54.7 Å². The van der Waals surface area contributed by atoms with Crippen molar-refractivity contribution in [3.05, 3.63) is 75.9 Å². The van der Waals surface area contributed by atoms with Crippen LogP contribution in [-0.2, 0) is 0 Å². The fraction of sp³-hybridized carbons (Fsp3) is 0.286. The summed E-state index contributed by atoms with van der Waals surface area (Å²) in [6.45, 7) is 3.98. The third-order valence-corrected chi connectivity index (χ3v) is 5.78. The normalized spacial score (nSPS) is 17.2. The van der Waals surface area contributed by atoms with Crippen LogP contribution in [0.2, 0.25) is 10.0 Å². The molecule has 134 valence electrons. The highest BCUT2D eigenvalue weighted by molar-refractivity contribution is 6.42. The van der Waals surface area contributed by atoms with Gasteiger partial charge in [0, 0.05) is 31.2 Å². The molecular formula is C21H21Cl2N3. The predicted octanol–water partition coefficient (Wildman–Crippen LogP) is 4.93. The summed E-state index contributed by atoms with van der Waals surface area (Å²) in [6, 6.07) is 16.4. The first kappa shape index (κ1) is 17.7. The largest absolute Gasteiger partial charge is 0.315 e. The molecule has 1 saturated heterocycles. The third kappa shape index (κ3) is 3.58. The number of halogens is 2. The van der Waals surface area contributed by atoms with Gasteiger partial charge in [0.1, 0.15) is 0 Å². The number of rotatable bonds is 3. The number of aromatic nitrogens is 1. The minimum atomic E-state index is 0.0400. The summed E-state index contributed by atoms with van der Waals surface area (Å²) in [5.41, 5.74) is 3.19. The van der Waals surface area contributed by atoms with Crippen LogP contribution in [-0.4, -0.2) is 36.1 Å². The molecule has 26 heavy (non-hydrogen) atoms. The molecule has 4 rings (SSSR count). The van der Waals surface area contributed by atoms with Gasteiger partial charge in [0.05, 0.1) is 21.6 Å². The van der Waals surface area contributed by atoms with Gasteiger partial charge in [-0.1, -0.05) is 53.5 Å². The fourth-order valence-electron chi connectivity index (χ4n) is 3.68. The van der Waals surface area contributed by atoms with E-state index in [9.17, 15) is 0 Å². The SMILES string of the molecule is Clc1cccc(C(c2cnc3ccccc3c2)N2CCCNCC2)c1Cl. The van der Waals surface area contributed by atoms with Crippen LogP contribution >= 0.6 is 23.2 Å². The van der Waals surface area contributed by atoms with Crippen LogP contribution in [0.4, 0.5) is 0 Å². The van der Waals surface area contributed by atoms with E-state index in [2.05, 4.69) is 33.4 Å². The zero-order valence-corrected chi connectivity index (χ0v) is 16.0. The molecule has 2 aromatic carbocycles. The summed E-state index contributed by atoms with van der Waals surface area (Å²) in [4.78, 5) is 7.16. The number of benzene rings is 2. The second-order valence-electron chi connectivity index (χ2n) is 6.65. The second kappa shape index (κ2) is 7.93. The van der Waals surface area contributed by atoms with E-state index >= 15 is 0 Å². The second-order valence-corrected chi connectivity index (χ2v) is 7.43. The van der Waals surface area contributed by atoms with Gasteiger partial charge in [-0.2, -0.15) is 0 Å². The van der Waals surface area contributed by atoms with Gasteiger partial charge in [-0.15, -0.1) is 0 Å². The molecule has 1 N–H and O–H groups in total. The van der Waals surface area contributed by atoms with Crippen molar-refractivity contribution in [1.29, 1.82) is 0 Å². The standard InChI is InChI=1S/C21H21Cl2N3/c22-18-7-3-6-17(20(18)23)21(26-11-4-9-24-10-12-26)16-13-15-5-1-2-8-19(15)25-14-16/h1-3,5-8,13-14,21,24H,4,9-12H2.